The standard InChI is InChI=1S/C11H12Cl2O2/c1-2-6-15-11(14)7-8-9(12)4-3-5-10(8)13/h3-5H,2,6-7H2,1H3. The lowest BCUT2D eigenvalue weighted by Crippen LogP contribution is -2.09. The van der Waals surface area contributed by atoms with Crippen LogP contribution in [-0.2, 0) is 16.0 Å². The lowest BCUT2D eigenvalue weighted by molar-refractivity contribution is -0.142. The van der Waals surface area contributed by atoms with E-state index in [2.05, 4.69) is 0 Å². The predicted octanol–water partition coefficient (Wildman–Crippen LogP) is 3.49. The first-order valence-corrected chi connectivity index (χ1v) is 5.49. The molecule has 0 aliphatic rings. The average molecular weight is 247 g/mol. The molecule has 0 radical (unpaired) electrons. The van der Waals surface area contributed by atoms with Crippen molar-refractivity contribution in [2.75, 3.05) is 6.61 Å². The summed E-state index contributed by atoms with van der Waals surface area (Å²) in [4.78, 5) is 11.3. The van der Waals surface area contributed by atoms with Crippen LogP contribution in [0.15, 0.2) is 18.2 Å². The second-order valence-corrected chi connectivity index (χ2v) is 3.91. The van der Waals surface area contributed by atoms with Crippen LogP contribution in [0.1, 0.15) is 18.9 Å². The maximum atomic E-state index is 11.3. The van der Waals surface area contributed by atoms with Gasteiger partial charge in [0.25, 0.3) is 0 Å². The molecule has 1 aromatic carbocycles. The first kappa shape index (κ1) is 12.3. The molecule has 0 heterocycles. The summed E-state index contributed by atoms with van der Waals surface area (Å²) in [6.45, 7) is 2.37. The highest BCUT2D eigenvalue weighted by molar-refractivity contribution is 6.36. The minimum Gasteiger partial charge on any atom is -0.465 e. The maximum Gasteiger partial charge on any atom is 0.310 e. The van der Waals surface area contributed by atoms with Gasteiger partial charge in [-0.15, -0.1) is 0 Å². The van der Waals surface area contributed by atoms with Crippen molar-refractivity contribution >= 4 is 29.2 Å². The summed E-state index contributed by atoms with van der Waals surface area (Å²) in [5.74, 6) is -0.299. The number of rotatable bonds is 4. The van der Waals surface area contributed by atoms with Crippen molar-refractivity contribution in [3.8, 4) is 0 Å². The molecular weight excluding hydrogens is 235 g/mol. The quantitative estimate of drug-likeness (QED) is 0.761. The van der Waals surface area contributed by atoms with Crippen molar-refractivity contribution < 1.29 is 9.53 Å². The second-order valence-electron chi connectivity index (χ2n) is 3.10. The van der Waals surface area contributed by atoms with Gasteiger partial charge < -0.3 is 4.74 Å². The third-order valence-corrected chi connectivity index (χ3v) is 2.56. The SMILES string of the molecule is CCCOC(=O)Cc1c(Cl)cccc1Cl. The molecule has 1 rings (SSSR count). The molecule has 15 heavy (non-hydrogen) atoms. The Hall–Kier alpha value is -0.730. The van der Waals surface area contributed by atoms with E-state index in [1.165, 1.54) is 0 Å². The highest BCUT2D eigenvalue weighted by atomic mass is 35.5. The monoisotopic (exact) mass is 246 g/mol. The van der Waals surface area contributed by atoms with E-state index in [1.807, 2.05) is 6.92 Å². The van der Waals surface area contributed by atoms with Crippen molar-refractivity contribution in [3.63, 3.8) is 0 Å². The van der Waals surface area contributed by atoms with Crippen LogP contribution in [0, 0.1) is 0 Å². The highest BCUT2D eigenvalue weighted by Gasteiger charge is 2.11. The van der Waals surface area contributed by atoms with Gasteiger partial charge in [-0.05, 0) is 18.6 Å². The van der Waals surface area contributed by atoms with Gasteiger partial charge in [-0.3, -0.25) is 4.79 Å². The van der Waals surface area contributed by atoms with E-state index in [1.54, 1.807) is 18.2 Å². The molecule has 0 saturated carbocycles. The van der Waals surface area contributed by atoms with Crippen LogP contribution in [0.25, 0.3) is 0 Å². The fourth-order valence-electron chi connectivity index (χ4n) is 1.11. The molecule has 1 aromatic rings. The number of esters is 1. The summed E-state index contributed by atoms with van der Waals surface area (Å²) in [5, 5.41) is 0.992. The van der Waals surface area contributed by atoms with Crippen LogP contribution in [0.3, 0.4) is 0 Å². The molecule has 0 amide bonds. The number of benzene rings is 1. The molecule has 0 aliphatic carbocycles. The minimum absolute atomic E-state index is 0.124. The summed E-state index contributed by atoms with van der Waals surface area (Å²) >= 11 is 11.8. The molecule has 0 saturated heterocycles. The molecule has 2 nitrogen and oxygen atoms in total. The lowest BCUT2D eigenvalue weighted by atomic mass is 10.1. The van der Waals surface area contributed by atoms with Crippen LogP contribution >= 0.6 is 23.2 Å². The van der Waals surface area contributed by atoms with Gasteiger partial charge >= 0.3 is 5.97 Å². The molecule has 0 aliphatic heterocycles. The third kappa shape index (κ3) is 3.73. The van der Waals surface area contributed by atoms with Crippen LogP contribution in [-0.4, -0.2) is 12.6 Å². The number of carbonyl (C=O) groups excluding carboxylic acids is 1. The number of hydrogen-bond donors (Lipinski definition) is 0. The van der Waals surface area contributed by atoms with Crippen molar-refractivity contribution in [3.05, 3.63) is 33.8 Å². The Morgan fingerprint density at radius 1 is 1.33 bits per heavy atom. The molecule has 0 atom stereocenters. The Bertz CT molecular complexity index is 330. The summed E-state index contributed by atoms with van der Waals surface area (Å²) in [6.07, 6.45) is 0.931. The molecule has 0 spiro atoms. The molecular formula is C11H12Cl2O2. The van der Waals surface area contributed by atoms with E-state index in [0.717, 1.165) is 6.42 Å². The molecule has 82 valence electrons. The zero-order valence-electron chi connectivity index (χ0n) is 8.43. The Balaban J connectivity index is 2.68. The molecule has 0 aromatic heterocycles. The minimum atomic E-state index is -0.299. The van der Waals surface area contributed by atoms with Gasteiger partial charge in [0, 0.05) is 15.6 Å². The normalized spacial score (nSPS) is 10.1. The second kappa shape index (κ2) is 5.99. The van der Waals surface area contributed by atoms with Crippen LogP contribution in [0.2, 0.25) is 10.0 Å². The topological polar surface area (TPSA) is 26.3 Å². The van der Waals surface area contributed by atoms with Gasteiger partial charge in [0.15, 0.2) is 0 Å². The summed E-state index contributed by atoms with van der Waals surface area (Å²) in [7, 11) is 0. The Morgan fingerprint density at radius 2 is 1.93 bits per heavy atom. The molecule has 4 heteroatoms. The number of hydrogen-bond acceptors (Lipinski definition) is 2. The Morgan fingerprint density at radius 3 is 2.47 bits per heavy atom. The van der Waals surface area contributed by atoms with Crippen molar-refractivity contribution in [2.45, 2.75) is 19.8 Å². The van der Waals surface area contributed by atoms with E-state index in [4.69, 9.17) is 27.9 Å². The van der Waals surface area contributed by atoms with Crippen LogP contribution in [0.4, 0.5) is 0 Å². The Kier molecular flexibility index (Phi) is 4.92. The van der Waals surface area contributed by atoms with Crippen molar-refractivity contribution in [1.29, 1.82) is 0 Å². The van der Waals surface area contributed by atoms with Crippen molar-refractivity contribution in [1.82, 2.24) is 0 Å². The van der Waals surface area contributed by atoms with Gasteiger partial charge in [-0.1, -0.05) is 36.2 Å². The van der Waals surface area contributed by atoms with E-state index >= 15 is 0 Å². The van der Waals surface area contributed by atoms with E-state index in [-0.39, 0.29) is 12.4 Å². The van der Waals surface area contributed by atoms with Gasteiger partial charge in [0.2, 0.25) is 0 Å². The van der Waals surface area contributed by atoms with Gasteiger partial charge in [-0.2, -0.15) is 0 Å². The third-order valence-electron chi connectivity index (χ3n) is 1.85. The van der Waals surface area contributed by atoms with Crippen LogP contribution < -0.4 is 0 Å². The molecule has 0 fully saturated rings. The van der Waals surface area contributed by atoms with Gasteiger partial charge in [0.05, 0.1) is 13.0 Å². The number of halogens is 2. The lowest BCUT2D eigenvalue weighted by Gasteiger charge is -2.06. The fourth-order valence-corrected chi connectivity index (χ4v) is 1.64. The largest absolute Gasteiger partial charge is 0.465 e. The smallest absolute Gasteiger partial charge is 0.310 e. The van der Waals surface area contributed by atoms with Gasteiger partial charge in [0.1, 0.15) is 0 Å². The highest BCUT2D eigenvalue weighted by Crippen LogP contribution is 2.24. The zero-order valence-corrected chi connectivity index (χ0v) is 9.94. The predicted molar refractivity (Wildman–Crippen MR) is 61.4 cm³/mol. The molecule has 0 N–H and O–H groups in total. The van der Waals surface area contributed by atoms with E-state index in [9.17, 15) is 4.79 Å². The van der Waals surface area contributed by atoms with Gasteiger partial charge in [-0.25, -0.2) is 0 Å². The summed E-state index contributed by atoms with van der Waals surface area (Å²) < 4.78 is 4.95. The number of ether oxygens (including phenoxy) is 1. The van der Waals surface area contributed by atoms with Crippen LogP contribution in [0.5, 0.6) is 0 Å². The first-order chi connectivity index (χ1) is 7.15. The average Bonchev–Trinajstić information content (AvgIpc) is 2.21. The maximum absolute atomic E-state index is 11.3. The Labute approximate surface area is 99.1 Å². The number of carbonyl (C=O) groups is 1. The first-order valence-electron chi connectivity index (χ1n) is 4.73. The zero-order chi connectivity index (χ0) is 11.3. The molecule has 0 unspecified atom stereocenters. The molecule has 0 bridgehead atoms. The van der Waals surface area contributed by atoms with E-state index in [0.29, 0.717) is 22.2 Å². The fraction of sp³-hybridized carbons (Fsp3) is 0.364. The van der Waals surface area contributed by atoms with E-state index < -0.39 is 0 Å². The summed E-state index contributed by atoms with van der Waals surface area (Å²) in [6, 6.07) is 5.15. The van der Waals surface area contributed by atoms with Crippen molar-refractivity contribution in [2.24, 2.45) is 0 Å². The summed E-state index contributed by atoms with van der Waals surface area (Å²) in [5.41, 5.74) is 0.627.